The van der Waals surface area contributed by atoms with E-state index in [1.54, 1.807) is 44.4 Å². The van der Waals surface area contributed by atoms with Crippen LogP contribution in [0.4, 0.5) is 4.39 Å². The molecule has 0 heterocycles. The highest BCUT2D eigenvalue weighted by Crippen LogP contribution is 2.22. The van der Waals surface area contributed by atoms with E-state index in [-0.39, 0.29) is 37.0 Å². The molecule has 256 valence electrons. The van der Waals surface area contributed by atoms with Gasteiger partial charge in [-0.05, 0) is 64.1 Å². The van der Waals surface area contributed by atoms with Crippen LogP contribution in [0.5, 0.6) is 0 Å². The Morgan fingerprint density at radius 2 is 1.20 bits per heavy atom. The number of halogens is 1. The van der Waals surface area contributed by atoms with E-state index in [0.717, 1.165) is 27.8 Å². The number of nitrogens with one attached hydrogen (secondary N) is 1. The molecule has 0 bridgehead atoms. The Labute approximate surface area is 293 Å². The smallest absolute Gasteiger partial charge is 0.254 e. The second-order valence-electron chi connectivity index (χ2n) is 12.4. The van der Waals surface area contributed by atoms with Crippen LogP contribution in [0.1, 0.15) is 32.6 Å². The van der Waals surface area contributed by atoms with Crippen molar-refractivity contribution < 1.29 is 18.8 Å². The van der Waals surface area contributed by atoms with Crippen LogP contribution in [0.25, 0.3) is 11.1 Å². The maximum atomic E-state index is 14.6. The SMILES string of the molecule is CN(C(=O)c1cccc(CN)c1)[C@H](Cc1ccc(-c2ccccc2)cc1)C(=O)N(C)[C@H](Cc1ccc(F)cc1)C(=O)NCCc1ccccc1. The van der Waals surface area contributed by atoms with Gasteiger partial charge in [-0.3, -0.25) is 14.4 Å². The van der Waals surface area contributed by atoms with Gasteiger partial charge in [0.1, 0.15) is 17.9 Å². The van der Waals surface area contributed by atoms with Crippen LogP contribution in [-0.4, -0.2) is 60.2 Å². The number of likely N-dealkylation sites (N-methyl/N-ethyl adjacent to an activating group) is 2. The zero-order valence-corrected chi connectivity index (χ0v) is 28.5. The molecule has 0 aromatic heterocycles. The Bertz CT molecular complexity index is 1870. The fraction of sp³-hybridized carbons (Fsp3) is 0.214. The molecule has 5 aromatic rings. The van der Waals surface area contributed by atoms with Gasteiger partial charge < -0.3 is 20.9 Å². The van der Waals surface area contributed by atoms with Crippen molar-refractivity contribution in [2.24, 2.45) is 5.73 Å². The minimum absolute atomic E-state index is 0.161. The first-order valence-corrected chi connectivity index (χ1v) is 16.8. The number of carbonyl (C=O) groups is 3. The first-order valence-electron chi connectivity index (χ1n) is 16.8. The highest BCUT2D eigenvalue weighted by molar-refractivity contribution is 5.98. The lowest BCUT2D eigenvalue weighted by molar-refractivity contribution is -0.142. The quantitative estimate of drug-likeness (QED) is 0.150. The molecule has 0 aliphatic carbocycles. The standard InChI is InChI=1S/C42H43FN4O3/c1-46(38(27-32-18-22-37(43)23-19-32)40(48)45-25-24-30-10-5-3-6-11-30)42(50)39(47(2)41(49)36-15-9-12-33(26-36)29-44)28-31-16-20-35(21-17-31)34-13-7-4-8-14-34/h3-23,26,38-39H,24-25,27-29,44H2,1-2H3,(H,45,48)/t38-,39-/m1/s1. The van der Waals surface area contributed by atoms with Gasteiger partial charge in [-0.25, -0.2) is 4.39 Å². The van der Waals surface area contributed by atoms with Crippen molar-refractivity contribution in [3.8, 4) is 11.1 Å². The van der Waals surface area contributed by atoms with Gasteiger partial charge in [-0.2, -0.15) is 0 Å². The van der Waals surface area contributed by atoms with Crippen molar-refractivity contribution >= 4 is 17.7 Å². The van der Waals surface area contributed by atoms with Gasteiger partial charge in [0.2, 0.25) is 11.8 Å². The molecule has 5 rings (SSSR count). The van der Waals surface area contributed by atoms with Gasteiger partial charge in [0.15, 0.2) is 0 Å². The van der Waals surface area contributed by atoms with E-state index >= 15 is 0 Å². The third-order valence-corrected chi connectivity index (χ3v) is 8.99. The van der Waals surface area contributed by atoms with E-state index in [9.17, 15) is 18.8 Å². The Hall–Kier alpha value is -5.60. The predicted octanol–water partition coefficient (Wildman–Crippen LogP) is 6.06. The highest BCUT2D eigenvalue weighted by atomic mass is 19.1. The molecular weight excluding hydrogens is 627 g/mol. The van der Waals surface area contributed by atoms with Crippen LogP contribution in [0, 0.1) is 5.82 Å². The maximum Gasteiger partial charge on any atom is 0.254 e. The fourth-order valence-corrected chi connectivity index (χ4v) is 5.98. The molecule has 0 unspecified atom stereocenters. The second-order valence-corrected chi connectivity index (χ2v) is 12.4. The van der Waals surface area contributed by atoms with E-state index in [2.05, 4.69) is 5.32 Å². The molecule has 0 aliphatic rings. The number of nitrogens with zero attached hydrogens (tertiary/aromatic N) is 2. The van der Waals surface area contributed by atoms with Crippen molar-refractivity contribution in [2.75, 3.05) is 20.6 Å². The summed E-state index contributed by atoms with van der Waals surface area (Å²) in [6, 6.07) is 38.8. The molecule has 0 spiro atoms. The van der Waals surface area contributed by atoms with Crippen molar-refractivity contribution in [1.82, 2.24) is 15.1 Å². The molecule has 3 N–H and O–H groups in total. The normalized spacial score (nSPS) is 12.1. The number of amides is 3. The summed E-state index contributed by atoms with van der Waals surface area (Å²) in [4.78, 5) is 45.2. The van der Waals surface area contributed by atoms with Gasteiger partial charge in [-0.1, -0.05) is 109 Å². The molecule has 8 heteroatoms. The van der Waals surface area contributed by atoms with Crippen molar-refractivity contribution in [1.29, 1.82) is 0 Å². The van der Waals surface area contributed by atoms with Crippen LogP contribution in [0.15, 0.2) is 133 Å². The number of benzene rings is 5. The zero-order chi connectivity index (χ0) is 35.5. The van der Waals surface area contributed by atoms with E-state index in [4.69, 9.17) is 5.73 Å². The number of hydrogen-bond acceptors (Lipinski definition) is 4. The van der Waals surface area contributed by atoms with Crippen LogP contribution in [0.2, 0.25) is 0 Å². The first-order chi connectivity index (χ1) is 24.2. The Balaban J connectivity index is 1.43. The molecule has 7 nitrogen and oxygen atoms in total. The largest absolute Gasteiger partial charge is 0.354 e. The van der Waals surface area contributed by atoms with Gasteiger partial charge in [0.25, 0.3) is 5.91 Å². The van der Waals surface area contributed by atoms with Crippen LogP contribution in [-0.2, 0) is 35.4 Å². The number of carbonyl (C=O) groups excluding carboxylic acids is 3. The van der Waals surface area contributed by atoms with Gasteiger partial charge >= 0.3 is 0 Å². The number of rotatable bonds is 14. The molecule has 0 aliphatic heterocycles. The van der Waals surface area contributed by atoms with Gasteiger partial charge in [-0.15, -0.1) is 0 Å². The third-order valence-electron chi connectivity index (χ3n) is 8.99. The van der Waals surface area contributed by atoms with Gasteiger partial charge in [0, 0.05) is 45.6 Å². The van der Waals surface area contributed by atoms with Crippen LogP contribution in [0.3, 0.4) is 0 Å². The molecule has 50 heavy (non-hydrogen) atoms. The lowest BCUT2D eigenvalue weighted by Crippen LogP contribution is -2.56. The molecule has 0 saturated heterocycles. The first kappa shape index (κ1) is 35.7. The summed E-state index contributed by atoms with van der Waals surface area (Å²) in [5, 5.41) is 3.00. The van der Waals surface area contributed by atoms with E-state index in [1.807, 2.05) is 91.0 Å². The number of nitrogens with two attached hydrogens (primary N) is 1. The third kappa shape index (κ3) is 9.30. The predicted molar refractivity (Wildman–Crippen MR) is 196 cm³/mol. The highest BCUT2D eigenvalue weighted by Gasteiger charge is 2.35. The Morgan fingerprint density at radius 1 is 0.640 bits per heavy atom. The summed E-state index contributed by atoms with van der Waals surface area (Å²) < 4.78 is 13.8. The molecule has 5 aromatic carbocycles. The van der Waals surface area contributed by atoms with Crippen LogP contribution >= 0.6 is 0 Å². The molecule has 2 atom stereocenters. The average molecular weight is 671 g/mol. The molecule has 3 amide bonds. The Kier molecular flexibility index (Phi) is 12.3. The molecule has 0 fully saturated rings. The van der Waals surface area contributed by atoms with Crippen LogP contribution < -0.4 is 11.1 Å². The summed E-state index contributed by atoms with van der Waals surface area (Å²) >= 11 is 0. The van der Waals surface area contributed by atoms with Crippen molar-refractivity contribution in [3.63, 3.8) is 0 Å². The molecular formula is C42H43FN4O3. The average Bonchev–Trinajstić information content (AvgIpc) is 3.16. The summed E-state index contributed by atoms with van der Waals surface area (Å²) in [5.41, 5.74) is 11.8. The van der Waals surface area contributed by atoms with E-state index in [0.29, 0.717) is 24.1 Å². The summed E-state index contributed by atoms with van der Waals surface area (Å²) in [6.45, 7) is 0.645. The summed E-state index contributed by atoms with van der Waals surface area (Å²) in [5.74, 6) is -1.46. The topological polar surface area (TPSA) is 95.7 Å². The minimum atomic E-state index is -0.940. The molecule has 0 saturated carbocycles. The lowest BCUT2D eigenvalue weighted by atomic mass is 9.97. The monoisotopic (exact) mass is 670 g/mol. The fourth-order valence-electron chi connectivity index (χ4n) is 5.98. The lowest BCUT2D eigenvalue weighted by Gasteiger charge is -2.35. The van der Waals surface area contributed by atoms with E-state index < -0.39 is 18.0 Å². The van der Waals surface area contributed by atoms with E-state index in [1.165, 1.54) is 21.9 Å². The van der Waals surface area contributed by atoms with Gasteiger partial charge in [0.05, 0.1) is 0 Å². The second kappa shape index (κ2) is 17.2. The molecule has 0 radical (unpaired) electrons. The minimum Gasteiger partial charge on any atom is -0.354 e. The maximum absolute atomic E-state index is 14.6. The summed E-state index contributed by atoms with van der Waals surface area (Å²) in [7, 11) is 3.20. The summed E-state index contributed by atoms with van der Waals surface area (Å²) in [6.07, 6.45) is 0.999. The van der Waals surface area contributed by atoms with Crippen molar-refractivity contribution in [3.05, 3.63) is 167 Å². The van der Waals surface area contributed by atoms with Crippen molar-refractivity contribution in [2.45, 2.75) is 37.9 Å². The number of hydrogen-bond donors (Lipinski definition) is 2. The zero-order valence-electron chi connectivity index (χ0n) is 28.5. The Morgan fingerprint density at radius 3 is 1.84 bits per heavy atom.